The van der Waals surface area contributed by atoms with Crippen LogP contribution in [0.5, 0.6) is 0 Å². The van der Waals surface area contributed by atoms with Crippen LogP contribution in [0.4, 0.5) is 13.2 Å². The van der Waals surface area contributed by atoms with E-state index in [1.165, 1.54) is 17.3 Å². The molecule has 0 atom stereocenters. The minimum Gasteiger partial charge on any atom is -0.331 e. The van der Waals surface area contributed by atoms with Crippen LogP contribution in [0.3, 0.4) is 0 Å². The monoisotopic (exact) mass is 364 g/mol. The molecule has 134 valence electrons. The number of hydrogen-bond acceptors (Lipinski definition) is 5. The summed E-state index contributed by atoms with van der Waals surface area (Å²) in [5.74, 6) is -0.545. The Balaban J connectivity index is 1.68. The van der Waals surface area contributed by atoms with Gasteiger partial charge in [-0.1, -0.05) is 0 Å². The Bertz CT molecular complexity index is 1070. The second kappa shape index (κ2) is 5.64. The Morgan fingerprint density at radius 2 is 2.08 bits per heavy atom. The molecule has 0 aliphatic carbocycles. The summed E-state index contributed by atoms with van der Waals surface area (Å²) in [6.45, 7) is 0.333. The molecule has 3 aromatic heterocycles. The van der Waals surface area contributed by atoms with Crippen molar-refractivity contribution in [3.05, 3.63) is 57.7 Å². The van der Waals surface area contributed by atoms with Crippen molar-refractivity contribution in [3.63, 3.8) is 0 Å². The lowest BCUT2D eigenvalue weighted by Crippen LogP contribution is -2.39. The largest absolute Gasteiger partial charge is 0.433 e. The van der Waals surface area contributed by atoms with Crippen molar-refractivity contribution in [2.45, 2.75) is 19.1 Å². The molecule has 26 heavy (non-hydrogen) atoms. The molecule has 0 saturated carbocycles. The standard InChI is InChI=1S/C15H11F3N6O2/c16-15(17,18)11-1-3-19-12-5-9(22-24(11)12)14(26)23-4-2-8-10(6-23)20-7-21-13(8)25/h1,3,5,7H,2,4,6H2,(H,20,21,25). The molecule has 3 aromatic rings. The molecule has 1 aliphatic rings. The van der Waals surface area contributed by atoms with E-state index in [0.717, 1.165) is 12.3 Å². The average Bonchev–Trinajstić information content (AvgIpc) is 3.04. The van der Waals surface area contributed by atoms with Crippen LogP contribution < -0.4 is 5.56 Å². The van der Waals surface area contributed by atoms with Crippen molar-refractivity contribution in [1.29, 1.82) is 0 Å². The van der Waals surface area contributed by atoms with Crippen LogP contribution in [-0.2, 0) is 19.1 Å². The Labute approximate surface area is 143 Å². The fourth-order valence-electron chi connectivity index (χ4n) is 2.92. The van der Waals surface area contributed by atoms with Crippen LogP contribution in [0, 0.1) is 0 Å². The number of alkyl halides is 3. The Morgan fingerprint density at radius 3 is 2.85 bits per heavy atom. The number of carbonyl (C=O) groups is 1. The molecule has 0 radical (unpaired) electrons. The number of fused-ring (bicyclic) bond motifs is 2. The summed E-state index contributed by atoms with van der Waals surface area (Å²) in [4.78, 5) is 36.1. The van der Waals surface area contributed by atoms with Gasteiger partial charge in [-0.15, -0.1) is 0 Å². The molecule has 0 spiro atoms. The van der Waals surface area contributed by atoms with Gasteiger partial charge in [0.1, 0.15) is 5.69 Å². The second-order valence-corrected chi connectivity index (χ2v) is 5.76. The van der Waals surface area contributed by atoms with E-state index in [2.05, 4.69) is 20.1 Å². The van der Waals surface area contributed by atoms with E-state index in [1.54, 1.807) is 0 Å². The summed E-state index contributed by atoms with van der Waals surface area (Å²) in [5, 5.41) is 3.78. The van der Waals surface area contributed by atoms with Crippen LogP contribution in [0.25, 0.3) is 5.65 Å². The highest BCUT2D eigenvalue weighted by atomic mass is 19.4. The minimum atomic E-state index is -4.62. The number of nitrogens with one attached hydrogen (secondary N) is 1. The fraction of sp³-hybridized carbons (Fsp3) is 0.267. The van der Waals surface area contributed by atoms with Gasteiger partial charge in [0, 0.05) is 24.4 Å². The maximum absolute atomic E-state index is 13.1. The second-order valence-electron chi connectivity index (χ2n) is 5.76. The van der Waals surface area contributed by atoms with Crippen LogP contribution >= 0.6 is 0 Å². The zero-order valence-electron chi connectivity index (χ0n) is 13.1. The van der Waals surface area contributed by atoms with E-state index in [-0.39, 0.29) is 30.0 Å². The van der Waals surface area contributed by atoms with Gasteiger partial charge in [0.25, 0.3) is 11.5 Å². The summed E-state index contributed by atoms with van der Waals surface area (Å²) < 4.78 is 39.8. The third kappa shape index (κ3) is 2.61. The normalized spacial score (nSPS) is 14.5. The van der Waals surface area contributed by atoms with Gasteiger partial charge in [0.2, 0.25) is 0 Å². The highest BCUT2D eigenvalue weighted by Gasteiger charge is 2.35. The molecule has 0 fully saturated rings. The molecule has 4 heterocycles. The lowest BCUT2D eigenvalue weighted by atomic mass is 10.1. The first kappa shape index (κ1) is 16.2. The molecule has 0 bridgehead atoms. The summed E-state index contributed by atoms with van der Waals surface area (Å²) >= 11 is 0. The molecule has 0 saturated heterocycles. The number of aromatic nitrogens is 5. The molecule has 0 aromatic carbocycles. The summed E-state index contributed by atoms with van der Waals surface area (Å²) in [6, 6.07) is 2.00. The third-order valence-electron chi connectivity index (χ3n) is 4.17. The number of carbonyl (C=O) groups excluding carboxylic acids is 1. The van der Waals surface area contributed by atoms with E-state index in [9.17, 15) is 22.8 Å². The fourth-order valence-corrected chi connectivity index (χ4v) is 2.92. The molecule has 1 aliphatic heterocycles. The molecule has 1 amide bonds. The Kier molecular flexibility index (Phi) is 3.53. The van der Waals surface area contributed by atoms with Crippen molar-refractivity contribution >= 4 is 11.6 Å². The summed E-state index contributed by atoms with van der Waals surface area (Å²) in [7, 11) is 0. The Morgan fingerprint density at radius 1 is 1.27 bits per heavy atom. The van der Waals surface area contributed by atoms with Gasteiger partial charge >= 0.3 is 6.18 Å². The van der Waals surface area contributed by atoms with Gasteiger partial charge in [-0.25, -0.2) is 14.5 Å². The van der Waals surface area contributed by atoms with Crippen molar-refractivity contribution in [3.8, 4) is 0 Å². The smallest absolute Gasteiger partial charge is 0.331 e. The Hall–Kier alpha value is -3.24. The topological polar surface area (TPSA) is 96.2 Å². The molecule has 1 N–H and O–H groups in total. The number of H-pyrrole nitrogens is 1. The first-order valence-electron chi connectivity index (χ1n) is 7.61. The number of amides is 1. The molecule has 11 heteroatoms. The molecule has 0 unspecified atom stereocenters. The predicted molar refractivity (Wildman–Crippen MR) is 81.3 cm³/mol. The van der Waals surface area contributed by atoms with Gasteiger partial charge in [0.05, 0.1) is 18.6 Å². The van der Waals surface area contributed by atoms with Crippen LogP contribution in [-0.4, -0.2) is 41.9 Å². The van der Waals surface area contributed by atoms with E-state index in [1.807, 2.05) is 0 Å². The van der Waals surface area contributed by atoms with Gasteiger partial charge in [-0.05, 0) is 12.5 Å². The maximum Gasteiger partial charge on any atom is 0.433 e. The highest BCUT2D eigenvalue weighted by Crippen LogP contribution is 2.29. The zero-order valence-corrected chi connectivity index (χ0v) is 13.1. The van der Waals surface area contributed by atoms with Crippen LogP contribution in [0.2, 0.25) is 0 Å². The molecule has 8 nitrogen and oxygen atoms in total. The highest BCUT2D eigenvalue weighted by molar-refractivity contribution is 5.93. The molecular weight excluding hydrogens is 353 g/mol. The first-order chi connectivity index (χ1) is 12.3. The average molecular weight is 364 g/mol. The minimum absolute atomic E-state index is 0.0739. The maximum atomic E-state index is 13.1. The van der Waals surface area contributed by atoms with Crippen molar-refractivity contribution in [2.75, 3.05) is 6.54 Å². The zero-order chi connectivity index (χ0) is 18.5. The summed E-state index contributed by atoms with van der Waals surface area (Å²) in [5.41, 5.74) is -0.524. The summed E-state index contributed by atoms with van der Waals surface area (Å²) in [6.07, 6.45) is -2.05. The number of rotatable bonds is 1. The van der Waals surface area contributed by atoms with E-state index in [0.29, 0.717) is 22.2 Å². The van der Waals surface area contributed by atoms with E-state index >= 15 is 0 Å². The molecular formula is C15H11F3N6O2. The van der Waals surface area contributed by atoms with Crippen molar-refractivity contribution in [1.82, 2.24) is 29.5 Å². The molecule has 4 rings (SSSR count). The van der Waals surface area contributed by atoms with Crippen LogP contribution in [0.1, 0.15) is 27.4 Å². The lowest BCUT2D eigenvalue weighted by molar-refractivity contribution is -0.142. The van der Waals surface area contributed by atoms with Crippen LogP contribution in [0.15, 0.2) is 29.5 Å². The van der Waals surface area contributed by atoms with Gasteiger partial charge in [0.15, 0.2) is 11.3 Å². The quantitative estimate of drug-likeness (QED) is 0.696. The first-order valence-corrected chi connectivity index (χ1v) is 7.61. The van der Waals surface area contributed by atoms with Crippen molar-refractivity contribution < 1.29 is 18.0 Å². The van der Waals surface area contributed by atoms with Gasteiger partial charge in [-0.3, -0.25) is 9.59 Å². The van der Waals surface area contributed by atoms with Crippen molar-refractivity contribution in [2.24, 2.45) is 0 Å². The van der Waals surface area contributed by atoms with Gasteiger partial charge < -0.3 is 9.88 Å². The lowest BCUT2D eigenvalue weighted by Gasteiger charge is -2.26. The SMILES string of the molecule is O=C(c1cc2nccc(C(F)(F)F)n2n1)N1CCc2c(nc[nH]c2=O)C1. The number of aromatic amines is 1. The van der Waals surface area contributed by atoms with Gasteiger partial charge in [-0.2, -0.15) is 18.3 Å². The number of hydrogen-bond donors (Lipinski definition) is 1. The van der Waals surface area contributed by atoms with E-state index in [4.69, 9.17) is 0 Å². The number of nitrogens with zero attached hydrogens (tertiary/aromatic N) is 5. The third-order valence-corrected chi connectivity index (χ3v) is 4.17. The predicted octanol–water partition coefficient (Wildman–Crippen LogP) is 1.03. The number of halogens is 3. The van der Waals surface area contributed by atoms with E-state index < -0.39 is 17.8 Å².